The summed E-state index contributed by atoms with van der Waals surface area (Å²) in [4.78, 5) is 0. The SMILES string of the molecule is CC(C)(C)c1cc2c(-c3cccc4c3C(C)(C)c3ccccc3-4)c(-c3cccc4c3C(C)(C)c3ccccc3-4)c3cc(C(C)(C)C)cc4c(-c5cccc6c5C(C)(C)c5ccccc5-6)c(-c5cccc6c5C(C)(C)c5ccccc5-6)c(c1)c2c34. The number of benzene rings is 12. The van der Waals surface area contributed by atoms with Gasteiger partial charge in [-0.3, -0.25) is 0 Å². The van der Waals surface area contributed by atoms with E-state index in [-0.39, 0.29) is 32.5 Å². The molecule has 0 saturated heterocycles. The quantitative estimate of drug-likeness (QED) is 0.154. The normalized spacial score (nSPS) is 16.1. The third kappa shape index (κ3) is 6.55. The first kappa shape index (κ1) is 51.3. The highest BCUT2D eigenvalue weighted by Gasteiger charge is 2.45. The number of hydrogen-bond donors (Lipinski definition) is 0. The Balaban J connectivity index is 1.20. The molecule has 0 nitrogen and oxygen atoms in total. The van der Waals surface area contributed by atoms with Crippen molar-refractivity contribution in [1.29, 1.82) is 0 Å². The summed E-state index contributed by atoms with van der Waals surface area (Å²) in [6.45, 7) is 34.5. The van der Waals surface area contributed by atoms with E-state index in [0.717, 1.165) is 0 Å². The molecule has 0 unspecified atom stereocenters. The van der Waals surface area contributed by atoms with Crippen LogP contribution in [0.3, 0.4) is 0 Å². The lowest BCUT2D eigenvalue weighted by Gasteiger charge is -2.34. The van der Waals surface area contributed by atoms with Gasteiger partial charge in [-0.1, -0.05) is 267 Å². The van der Waals surface area contributed by atoms with Gasteiger partial charge in [0.15, 0.2) is 0 Å². The Kier molecular flexibility index (Phi) is 10.2. The summed E-state index contributed by atoms with van der Waals surface area (Å²) in [6.07, 6.45) is 0. The monoisotopic (exact) mass is 1080 g/mol. The molecule has 0 saturated carbocycles. The molecule has 0 aliphatic heterocycles. The van der Waals surface area contributed by atoms with Crippen LogP contribution in [0, 0.1) is 0 Å². The van der Waals surface area contributed by atoms with E-state index in [1.807, 2.05) is 0 Å². The van der Waals surface area contributed by atoms with Crippen LogP contribution in [0.25, 0.3) is 121 Å². The van der Waals surface area contributed by atoms with E-state index >= 15 is 0 Å². The first-order valence-corrected chi connectivity index (χ1v) is 30.8. The van der Waals surface area contributed by atoms with Crippen molar-refractivity contribution in [1.82, 2.24) is 0 Å². The molecule has 12 aromatic rings. The Bertz CT molecular complexity index is 4290. The van der Waals surface area contributed by atoms with E-state index in [0.29, 0.717) is 0 Å². The third-order valence-electron chi connectivity index (χ3n) is 21.2. The molecule has 410 valence electrons. The molecule has 0 heteroatoms. The lowest BCUT2D eigenvalue weighted by molar-refractivity contribution is 0.591. The summed E-state index contributed by atoms with van der Waals surface area (Å²) in [7, 11) is 0. The van der Waals surface area contributed by atoms with Gasteiger partial charge in [0.1, 0.15) is 0 Å². The van der Waals surface area contributed by atoms with Gasteiger partial charge in [-0.05, 0) is 212 Å². The zero-order valence-electron chi connectivity index (χ0n) is 51.5. The lowest BCUT2D eigenvalue weighted by Crippen LogP contribution is -2.18. The van der Waals surface area contributed by atoms with Crippen LogP contribution in [0.4, 0.5) is 0 Å². The van der Waals surface area contributed by atoms with Gasteiger partial charge in [-0.15, -0.1) is 0 Å². The molecule has 4 aliphatic rings. The molecule has 4 aliphatic carbocycles. The van der Waals surface area contributed by atoms with E-state index < -0.39 is 0 Å². The third-order valence-corrected chi connectivity index (χ3v) is 21.2. The van der Waals surface area contributed by atoms with E-state index in [4.69, 9.17) is 0 Å². The second kappa shape index (κ2) is 16.7. The summed E-state index contributed by atoms with van der Waals surface area (Å²) >= 11 is 0. The van der Waals surface area contributed by atoms with Gasteiger partial charge in [-0.2, -0.15) is 0 Å². The van der Waals surface area contributed by atoms with Crippen LogP contribution >= 0.6 is 0 Å². The number of fused-ring (bicyclic) bond motifs is 12. The molecule has 0 atom stereocenters. The number of rotatable bonds is 4. The molecule has 0 amide bonds. The molecule has 16 rings (SSSR count). The van der Waals surface area contributed by atoms with Crippen molar-refractivity contribution < 1.29 is 0 Å². The standard InChI is InChI=1S/C84H74/c1-79(2,3)47-43-61-69(57-35-23-31-53-49-27-15-19-39-65(49)81(7,8)75(53)57)71(59-37-25-33-55-51-29-17-21-41-67(51)83(11,12)77(55)59)63-45-48(80(4,5)6)46-64-72(60-38-26-34-56-52-30-18-22-42-68(52)84(13,14)78(56)60)70(62(44-47)73(61)74(63)64)58-36-24-32-54-50-28-16-20-40-66(50)82(9,10)76(54)58/h15-46H,1-14H3. The Morgan fingerprint density at radius 1 is 0.226 bits per heavy atom. The fraction of sp³-hybridized carbons (Fsp3) is 0.238. The summed E-state index contributed by atoms with van der Waals surface area (Å²) in [6, 6.07) is 76.6. The Morgan fingerprint density at radius 2 is 0.417 bits per heavy atom. The topological polar surface area (TPSA) is 0 Å². The predicted octanol–water partition coefficient (Wildman–Crippen LogP) is 23.1. The highest BCUT2D eigenvalue weighted by Crippen LogP contribution is 2.64. The summed E-state index contributed by atoms with van der Waals surface area (Å²) in [5.41, 5.74) is 33.7. The first-order valence-electron chi connectivity index (χ1n) is 30.8. The van der Waals surface area contributed by atoms with E-state index in [9.17, 15) is 0 Å². The minimum atomic E-state index is -0.281. The average molecular weight is 1080 g/mol. The van der Waals surface area contributed by atoms with Crippen molar-refractivity contribution in [3.8, 4) is 89.0 Å². The maximum Gasteiger partial charge on any atom is 0.0165 e. The summed E-state index contributed by atoms with van der Waals surface area (Å²) in [5, 5.41) is 8.02. The fourth-order valence-corrected chi connectivity index (χ4v) is 17.4. The van der Waals surface area contributed by atoms with Gasteiger partial charge in [-0.25, -0.2) is 0 Å². The van der Waals surface area contributed by atoms with Crippen molar-refractivity contribution in [3.63, 3.8) is 0 Å². The van der Waals surface area contributed by atoms with Gasteiger partial charge < -0.3 is 0 Å². The van der Waals surface area contributed by atoms with E-state index in [2.05, 4.69) is 291 Å². The molecule has 0 bridgehead atoms. The van der Waals surface area contributed by atoms with Gasteiger partial charge >= 0.3 is 0 Å². The van der Waals surface area contributed by atoms with E-state index in [1.165, 1.54) is 177 Å². The maximum atomic E-state index is 2.66. The summed E-state index contributed by atoms with van der Waals surface area (Å²) < 4.78 is 0. The second-order valence-electron chi connectivity index (χ2n) is 29.5. The van der Waals surface area contributed by atoms with Crippen molar-refractivity contribution >= 4 is 32.3 Å². The molecule has 0 radical (unpaired) electrons. The minimum Gasteiger partial charge on any atom is -0.0619 e. The Labute approximate surface area is 497 Å². The Morgan fingerprint density at radius 3 is 0.631 bits per heavy atom. The minimum absolute atomic E-state index is 0.212. The second-order valence-corrected chi connectivity index (χ2v) is 29.5. The van der Waals surface area contributed by atoms with Crippen molar-refractivity contribution in [2.24, 2.45) is 0 Å². The Hall–Kier alpha value is -8.32. The smallest absolute Gasteiger partial charge is 0.0165 e. The van der Waals surface area contributed by atoms with Crippen LogP contribution in [0.2, 0.25) is 0 Å². The van der Waals surface area contributed by atoms with Crippen LogP contribution in [0.5, 0.6) is 0 Å². The highest BCUT2D eigenvalue weighted by molar-refractivity contribution is 6.37. The summed E-state index contributed by atoms with van der Waals surface area (Å²) in [5.74, 6) is 0. The molecule has 0 heterocycles. The molecular weight excluding hydrogens is 1010 g/mol. The van der Waals surface area contributed by atoms with Crippen LogP contribution in [0.15, 0.2) is 194 Å². The molecule has 0 fully saturated rings. The van der Waals surface area contributed by atoms with Gasteiger partial charge in [0.25, 0.3) is 0 Å². The molecule has 0 aromatic heterocycles. The van der Waals surface area contributed by atoms with Gasteiger partial charge in [0.2, 0.25) is 0 Å². The van der Waals surface area contributed by atoms with Crippen LogP contribution in [-0.2, 0) is 32.5 Å². The molecular formula is C84H74. The van der Waals surface area contributed by atoms with Gasteiger partial charge in [0, 0.05) is 21.7 Å². The molecule has 0 N–H and O–H groups in total. The lowest BCUT2D eigenvalue weighted by atomic mass is 9.69. The van der Waals surface area contributed by atoms with E-state index in [1.54, 1.807) is 0 Å². The van der Waals surface area contributed by atoms with Crippen molar-refractivity contribution in [2.75, 3.05) is 0 Å². The molecule has 84 heavy (non-hydrogen) atoms. The number of hydrogen-bond acceptors (Lipinski definition) is 0. The largest absolute Gasteiger partial charge is 0.0619 e. The molecule has 0 spiro atoms. The van der Waals surface area contributed by atoms with Gasteiger partial charge in [0.05, 0.1) is 0 Å². The first-order chi connectivity index (χ1) is 40.0. The molecule has 12 aromatic carbocycles. The van der Waals surface area contributed by atoms with Crippen LogP contribution in [0.1, 0.15) is 153 Å². The van der Waals surface area contributed by atoms with Crippen molar-refractivity contribution in [2.45, 2.75) is 129 Å². The zero-order chi connectivity index (χ0) is 58.1. The van der Waals surface area contributed by atoms with Crippen molar-refractivity contribution in [3.05, 3.63) is 250 Å². The average Bonchev–Trinajstić information content (AvgIpc) is 2.73. The predicted molar refractivity (Wildman–Crippen MR) is 360 cm³/mol. The maximum absolute atomic E-state index is 2.66. The zero-order valence-corrected chi connectivity index (χ0v) is 51.5. The fourth-order valence-electron chi connectivity index (χ4n) is 17.4. The van der Waals surface area contributed by atoms with Crippen LogP contribution in [-0.4, -0.2) is 0 Å². The van der Waals surface area contributed by atoms with Crippen LogP contribution < -0.4 is 0 Å². The highest BCUT2D eigenvalue weighted by atomic mass is 14.5.